The molecule has 3 rings (SSSR count). The number of benzene rings is 1. The Hall–Kier alpha value is -1.47. The SMILES string of the molecule is Cc1c(C(=O)NC2(C)CCS(=O)(=O)C2)sc2cccc(F)c12. The third-order valence-corrected chi connectivity index (χ3v) is 7.19. The molecule has 1 fully saturated rings. The zero-order chi connectivity index (χ0) is 16.1. The minimum atomic E-state index is -3.09. The summed E-state index contributed by atoms with van der Waals surface area (Å²) in [6.45, 7) is 3.45. The number of carbonyl (C=O) groups is 1. The Morgan fingerprint density at radius 2 is 2.14 bits per heavy atom. The van der Waals surface area contributed by atoms with Crippen LogP contribution in [0.25, 0.3) is 10.1 Å². The van der Waals surface area contributed by atoms with Crippen LogP contribution in [0.4, 0.5) is 4.39 Å². The molecule has 1 N–H and O–H groups in total. The first-order valence-electron chi connectivity index (χ1n) is 6.91. The highest BCUT2D eigenvalue weighted by atomic mass is 32.2. The molecule has 0 radical (unpaired) electrons. The summed E-state index contributed by atoms with van der Waals surface area (Å²) >= 11 is 1.23. The van der Waals surface area contributed by atoms with Crippen LogP contribution >= 0.6 is 11.3 Å². The fourth-order valence-corrected chi connectivity index (χ4v) is 6.12. The molecule has 1 atom stereocenters. The minimum absolute atomic E-state index is 0.0515. The minimum Gasteiger partial charge on any atom is -0.345 e. The van der Waals surface area contributed by atoms with Crippen LogP contribution in [0.5, 0.6) is 0 Å². The van der Waals surface area contributed by atoms with Gasteiger partial charge in [0, 0.05) is 10.1 Å². The summed E-state index contributed by atoms with van der Waals surface area (Å²) in [5.41, 5.74) is -0.156. The number of hydrogen-bond acceptors (Lipinski definition) is 4. The van der Waals surface area contributed by atoms with Crippen molar-refractivity contribution in [2.45, 2.75) is 25.8 Å². The van der Waals surface area contributed by atoms with E-state index in [4.69, 9.17) is 0 Å². The number of rotatable bonds is 2. The number of thiophene rings is 1. The number of nitrogens with one attached hydrogen (secondary N) is 1. The number of aryl methyl sites for hydroxylation is 1. The molecule has 1 unspecified atom stereocenters. The molecule has 1 saturated heterocycles. The predicted octanol–water partition coefficient (Wildman–Crippen LogP) is 2.66. The molecular formula is C15H16FNO3S2. The molecule has 22 heavy (non-hydrogen) atoms. The molecule has 1 amide bonds. The predicted molar refractivity (Wildman–Crippen MR) is 85.7 cm³/mol. The zero-order valence-electron chi connectivity index (χ0n) is 12.3. The number of sulfone groups is 1. The van der Waals surface area contributed by atoms with Gasteiger partial charge in [0.2, 0.25) is 0 Å². The molecule has 4 nitrogen and oxygen atoms in total. The van der Waals surface area contributed by atoms with Gasteiger partial charge in [0.15, 0.2) is 9.84 Å². The van der Waals surface area contributed by atoms with E-state index >= 15 is 0 Å². The Morgan fingerprint density at radius 1 is 1.41 bits per heavy atom. The molecule has 2 aromatic rings. The molecule has 1 aromatic heterocycles. The zero-order valence-corrected chi connectivity index (χ0v) is 13.9. The maximum absolute atomic E-state index is 13.9. The van der Waals surface area contributed by atoms with Crippen molar-refractivity contribution in [1.82, 2.24) is 5.32 Å². The monoisotopic (exact) mass is 341 g/mol. The standard InChI is InChI=1S/C15H16FNO3S2/c1-9-12-10(16)4-3-5-11(12)21-13(9)14(18)17-15(2)6-7-22(19,20)8-15/h3-5H,6-8H2,1-2H3,(H,17,18). The van der Waals surface area contributed by atoms with Crippen molar-refractivity contribution >= 4 is 37.2 Å². The molecule has 1 aromatic carbocycles. The van der Waals surface area contributed by atoms with Gasteiger partial charge in [0.25, 0.3) is 5.91 Å². The second kappa shape index (κ2) is 5.03. The molecule has 0 aliphatic carbocycles. The summed E-state index contributed by atoms with van der Waals surface area (Å²) in [4.78, 5) is 12.9. The average molecular weight is 341 g/mol. The Labute approximate surface area is 132 Å². The molecule has 2 heterocycles. The van der Waals surface area contributed by atoms with Gasteiger partial charge in [-0.05, 0) is 38.0 Å². The van der Waals surface area contributed by atoms with Gasteiger partial charge in [-0.25, -0.2) is 12.8 Å². The molecule has 0 bridgehead atoms. The first-order valence-corrected chi connectivity index (χ1v) is 9.55. The highest BCUT2D eigenvalue weighted by molar-refractivity contribution is 7.91. The van der Waals surface area contributed by atoms with Crippen molar-refractivity contribution in [1.29, 1.82) is 0 Å². The highest BCUT2D eigenvalue weighted by Gasteiger charge is 2.40. The highest BCUT2D eigenvalue weighted by Crippen LogP contribution is 2.33. The molecule has 0 spiro atoms. The van der Waals surface area contributed by atoms with E-state index in [9.17, 15) is 17.6 Å². The third-order valence-electron chi connectivity index (χ3n) is 4.03. The van der Waals surface area contributed by atoms with Crippen molar-refractivity contribution < 1.29 is 17.6 Å². The van der Waals surface area contributed by atoms with Crippen LogP contribution in [0.15, 0.2) is 18.2 Å². The lowest BCUT2D eigenvalue weighted by atomic mass is 10.0. The lowest BCUT2D eigenvalue weighted by Gasteiger charge is -2.23. The van der Waals surface area contributed by atoms with Gasteiger partial charge in [-0.15, -0.1) is 11.3 Å². The third kappa shape index (κ3) is 2.63. The molecular weight excluding hydrogens is 325 g/mol. The maximum Gasteiger partial charge on any atom is 0.262 e. The van der Waals surface area contributed by atoms with Gasteiger partial charge in [-0.3, -0.25) is 4.79 Å². The van der Waals surface area contributed by atoms with Crippen molar-refractivity contribution in [2.24, 2.45) is 0 Å². The largest absolute Gasteiger partial charge is 0.345 e. The van der Waals surface area contributed by atoms with E-state index in [2.05, 4.69) is 5.32 Å². The Kier molecular flexibility index (Phi) is 3.52. The first kappa shape index (κ1) is 15.4. The Morgan fingerprint density at radius 3 is 2.73 bits per heavy atom. The van der Waals surface area contributed by atoms with Gasteiger partial charge >= 0.3 is 0 Å². The van der Waals surface area contributed by atoms with E-state index in [1.54, 1.807) is 26.0 Å². The van der Waals surface area contributed by atoms with Crippen LogP contribution in [0.3, 0.4) is 0 Å². The Balaban J connectivity index is 1.94. The van der Waals surface area contributed by atoms with Gasteiger partial charge in [0.1, 0.15) is 5.82 Å². The summed E-state index contributed by atoms with van der Waals surface area (Å²) in [7, 11) is -3.09. The summed E-state index contributed by atoms with van der Waals surface area (Å²) in [5, 5.41) is 3.28. The van der Waals surface area contributed by atoms with Gasteiger partial charge in [-0.2, -0.15) is 0 Å². The van der Waals surface area contributed by atoms with Gasteiger partial charge in [0.05, 0.1) is 21.9 Å². The normalized spacial score (nSPS) is 23.8. The Bertz CT molecular complexity index is 872. The molecule has 1 aliphatic heterocycles. The van der Waals surface area contributed by atoms with Crippen LogP contribution in [0, 0.1) is 12.7 Å². The van der Waals surface area contributed by atoms with Crippen LogP contribution in [-0.2, 0) is 9.84 Å². The smallest absolute Gasteiger partial charge is 0.262 e. The molecule has 7 heteroatoms. The van der Waals surface area contributed by atoms with Crippen LogP contribution in [0.1, 0.15) is 28.6 Å². The van der Waals surface area contributed by atoms with Crippen LogP contribution in [-0.4, -0.2) is 31.4 Å². The summed E-state index contributed by atoms with van der Waals surface area (Å²) in [5.74, 6) is -0.647. The molecule has 118 valence electrons. The van der Waals surface area contributed by atoms with E-state index in [0.717, 1.165) is 0 Å². The maximum atomic E-state index is 13.9. The van der Waals surface area contributed by atoms with E-state index in [-0.39, 0.29) is 23.2 Å². The van der Waals surface area contributed by atoms with Gasteiger partial charge in [-0.1, -0.05) is 6.07 Å². The number of fused-ring (bicyclic) bond motifs is 1. The fraction of sp³-hybridized carbons (Fsp3) is 0.400. The van der Waals surface area contributed by atoms with Crippen molar-refractivity contribution in [3.05, 3.63) is 34.5 Å². The second-order valence-electron chi connectivity index (χ2n) is 6.03. The van der Waals surface area contributed by atoms with Crippen molar-refractivity contribution in [3.8, 4) is 0 Å². The molecule has 0 saturated carbocycles. The lowest BCUT2D eigenvalue weighted by molar-refractivity contribution is 0.0919. The summed E-state index contributed by atoms with van der Waals surface area (Å²) in [6.07, 6.45) is 0.402. The van der Waals surface area contributed by atoms with Crippen molar-refractivity contribution in [3.63, 3.8) is 0 Å². The topological polar surface area (TPSA) is 63.2 Å². The van der Waals surface area contributed by atoms with E-state index in [1.165, 1.54) is 17.4 Å². The molecule has 1 aliphatic rings. The van der Waals surface area contributed by atoms with E-state index < -0.39 is 15.4 Å². The second-order valence-corrected chi connectivity index (χ2v) is 9.26. The summed E-state index contributed by atoms with van der Waals surface area (Å²) < 4.78 is 37.9. The first-order chi connectivity index (χ1) is 10.2. The van der Waals surface area contributed by atoms with Gasteiger partial charge < -0.3 is 5.32 Å². The number of carbonyl (C=O) groups excluding carboxylic acids is 1. The van der Waals surface area contributed by atoms with E-state index in [0.29, 0.717) is 26.9 Å². The summed E-state index contributed by atoms with van der Waals surface area (Å²) in [6, 6.07) is 4.75. The van der Waals surface area contributed by atoms with Crippen LogP contribution in [0.2, 0.25) is 0 Å². The van der Waals surface area contributed by atoms with Crippen molar-refractivity contribution in [2.75, 3.05) is 11.5 Å². The number of hydrogen-bond donors (Lipinski definition) is 1. The average Bonchev–Trinajstić information content (AvgIpc) is 2.88. The quantitative estimate of drug-likeness (QED) is 0.913. The van der Waals surface area contributed by atoms with Crippen LogP contribution < -0.4 is 5.32 Å². The fourth-order valence-electron chi connectivity index (χ4n) is 2.91. The number of halogens is 1. The number of amides is 1. The van der Waals surface area contributed by atoms with E-state index in [1.807, 2.05) is 0 Å². The lowest BCUT2D eigenvalue weighted by Crippen LogP contribution is -2.46.